The minimum atomic E-state index is -0.279. The van der Waals surface area contributed by atoms with Crippen molar-refractivity contribution in [3.05, 3.63) is 88.2 Å². The monoisotopic (exact) mass is 409 g/mol. The molecular weight excluding hydrogens is 389 g/mol. The molecule has 1 unspecified atom stereocenters. The lowest BCUT2D eigenvalue weighted by molar-refractivity contribution is -0.117. The van der Waals surface area contributed by atoms with Gasteiger partial charge in [-0.2, -0.15) is 0 Å². The van der Waals surface area contributed by atoms with Gasteiger partial charge in [-0.3, -0.25) is 4.79 Å². The molecule has 5 heteroatoms. The van der Waals surface area contributed by atoms with E-state index in [1.54, 1.807) is 31.2 Å². The van der Waals surface area contributed by atoms with Gasteiger partial charge in [0.2, 0.25) is 5.91 Å². The second-order valence-corrected chi connectivity index (χ2v) is 7.87. The van der Waals surface area contributed by atoms with Crippen LogP contribution in [-0.2, 0) is 4.79 Å². The molecule has 3 aromatic rings. The third-order valence-corrected chi connectivity index (χ3v) is 5.48. The number of amides is 1. The fraction of sp³-hybridized carbons (Fsp3) is 0.208. The minimum absolute atomic E-state index is 0.0161. The molecule has 3 aromatic carbocycles. The van der Waals surface area contributed by atoms with E-state index in [0.29, 0.717) is 35.1 Å². The highest BCUT2D eigenvalue weighted by Gasteiger charge is 2.33. The maximum Gasteiger partial charge on any atom is 0.227 e. The van der Waals surface area contributed by atoms with Crippen LogP contribution >= 0.6 is 11.6 Å². The zero-order valence-electron chi connectivity index (χ0n) is 16.3. The van der Waals surface area contributed by atoms with Crippen LogP contribution < -0.4 is 9.64 Å². The molecule has 0 N–H and O–H groups in total. The number of halogens is 2. The predicted octanol–water partition coefficient (Wildman–Crippen LogP) is 6.41. The van der Waals surface area contributed by atoms with Crippen LogP contribution in [0.3, 0.4) is 0 Å². The first-order chi connectivity index (χ1) is 13.9. The van der Waals surface area contributed by atoms with E-state index in [0.717, 1.165) is 16.8 Å². The molecule has 0 aromatic heterocycles. The van der Waals surface area contributed by atoms with E-state index in [1.165, 1.54) is 6.07 Å². The van der Waals surface area contributed by atoms with Crippen molar-refractivity contribution >= 4 is 23.2 Å². The van der Waals surface area contributed by atoms with Crippen molar-refractivity contribution in [2.24, 2.45) is 0 Å². The summed E-state index contributed by atoms with van der Waals surface area (Å²) in [7, 11) is 0. The Balaban J connectivity index is 1.62. The number of carbonyl (C=O) groups is 1. The van der Waals surface area contributed by atoms with Gasteiger partial charge >= 0.3 is 0 Å². The third-order valence-electron chi connectivity index (χ3n) is 5.24. The van der Waals surface area contributed by atoms with Crippen molar-refractivity contribution in [3.63, 3.8) is 0 Å². The van der Waals surface area contributed by atoms with Crippen LogP contribution in [0, 0.1) is 19.7 Å². The molecule has 0 bridgehead atoms. The molecule has 1 fully saturated rings. The summed E-state index contributed by atoms with van der Waals surface area (Å²) in [5, 5.41) is 0.544. The third kappa shape index (κ3) is 4.13. The molecule has 0 saturated carbocycles. The first-order valence-corrected chi connectivity index (χ1v) is 9.89. The van der Waals surface area contributed by atoms with Crippen LogP contribution in [0.2, 0.25) is 5.02 Å². The molecule has 1 amide bonds. The SMILES string of the molecule is Cc1ccc(N2CC(c3ccc(Cl)cc3Oc3ccc(F)c(C)c3)CC2=O)cc1. The number of aryl methyl sites for hydroxylation is 2. The number of hydrogen-bond acceptors (Lipinski definition) is 2. The molecule has 0 spiro atoms. The Labute approximate surface area is 174 Å². The van der Waals surface area contributed by atoms with Crippen molar-refractivity contribution in [3.8, 4) is 11.5 Å². The average Bonchev–Trinajstić information content (AvgIpc) is 3.07. The van der Waals surface area contributed by atoms with Gasteiger partial charge in [0.05, 0.1) is 0 Å². The fourth-order valence-corrected chi connectivity index (χ4v) is 3.79. The number of rotatable bonds is 4. The van der Waals surface area contributed by atoms with E-state index in [2.05, 4.69) is 0 Å². The van der Waals surface area contributed by atoms with Crippen LogP contribution in [0.15, 0.2) is 60.7 Å². The van der Waals surface area contributed by atoms with Crippen molar-refractivity contribution in [2.45, 2.75) is 26.2 Å². The van der Waals surface area contributed by atoms with Gasteiger partial charge in [-0.15, -0.1) is 0 Å². The van der Waals surface area contributed by atoms with Crippen LogP contribution in [0.4, 0.5) is 10.1 Å². The number of hydrogen-bond donors (Lipinski definition) is 0. The molecule has 1 saturated heterocycles. The molecule has 0 radical (unpaired) electrons. The zero-order chi connectivity index (χ0) is 20.5. The fourth-order valence-electron chi connectivity index (χ4n) is 3.63. The first-order valence-electron chi connectivity index (χ1n) is 9.51. The Hall–Kier alpha value is -2.85. The van der Waals surface area contributed by atoms with E-state index in [1.807, 2.05) is 42.2 Å². The van der Waals surface area contributed by atoms with Gasteiger partial charge in [-0.1, -0.05) is 35.4 Å². The minimum Gasteiger partial charge on any atom is -0.457 e. The van der Waals surface area contributed by atoms with Crippen LogP contribution in [0.1, 0.15) is 29.0 Å². The average molecular weight is 410 g/mol. The maximum absolute atomic E-state index is 13.6. The maximum atomic E-state index is 13.6. The first kappa shape index (κ1) is 19.5. The molecule has 1 heterocycles. The summed E-state index contributed by atoms with van der Waals surface area (Å²) in [6.07, 6.45) is 0.397. The van der Waals surface area contributed by atoms with Crippen molar-refractivity contribution < 1.29 is 13.9 Å². The summed E-state index contributed by atoms with van der Waals surface area (Å²) < 4.78 is 19.6. The molecule has 0 aliphatic carbocycles. The number of anilines is 1. The zero-order valence-corrected chi connectivity index (χ0v) is 17.0. The highest BCUT2D eigenvalue weighted by Crippen LogP contribution is 2.39. The Morgan fingerprint density at radius 3 is 2.52 bits per heavy atom. The molecule has 1 aliphatic rings. The van der Waals surface area contributed by atoms with E-state index in [4.69, 9.17) is 16.3 Å². The number of benzene rings is 3. The summed E-state index contributed by atoms with van der Waals surface area (Å²) in [5.74, 6) is 0.910. The molecule has 4 rings (SSSR count). The molecule has 29 heavy (non-hydrogen) atoms. The quantitative estimate of drug-likeness (QED) is 0.498. The summed E-state index contributed by atoms with van der Waals surface area (Å²) in [5.41, 5.74) is 3.47. The van der Waals surface area contributed by atoms with Crippen molar-refractivity contribution in [1.29, 1.82) is 0 Å². The summed E-state index contributed by atoms with van der Waals surface area (Å²) in [6.45, 7) is 4.28. The molecule has 3 nitrogen and oxygen atoms in total. The lowest BCUT2D eigenvalue weighted by Crippen LogP contribution is -2.24. The van der Waals surface area contributed by atoms with Gasteiger partial charge in [0.25, 0.3) is 0 Å². The van der Waals surface area contributed by atoms with Crippen LogP contribution in [-0.4, -0.2) is 12.5 Å². The topological polar surface area (TPSA) is 29.5 Å². The lowest BCUT2D eigenvalue weighted by atomic mass is 9.97. The van der Waals surface area contributed by atoms with Crippen molar-refractivity contribution in [1.82, 2.24) is 0 Å². The Morgan fingerprint density at radius 2 is 1.79 bits per heavy atom. The van der Waals surface area contributed by atoms with Crippen LogP contribution in [0.25, 0.3) is 0 Å². The van der Waals surface area contributed by atoms with E-state index in [9.17, 15) is 9.18 Å². The van der Waals surface area contributed by atoms with Gasteiger partial charge in [0.15, 0.2) is 0 Å². The summed E-state index contributed by atoms with van der Waals surface area (Å²) in [4.78, 5) is 14.5. The second kappa shape index (κ2) is 7.88. The number of nitrogens with zero attached hydrogens (tertiary/aromatic N) is 1. The highest BCUT2D eigenvalue weighted by molar-refractivity contribution is 6.30. The Morgan fingerprint density at radius 1 is 1.03 bits per heavy atom. The smallest absolute Gasteiger partial charge is 0.227 e. The molecular formula is C24H21ClFNO2. The predicted molar refractivity (Wildman–Crippen MR) is 114 cm³/mol. The molecule has 148 valence electrons. The molecule has 1 atom stereocenters. The standard InChI is InChI=1S/C24H21ClFNO2/c1-15-3-6-19(7-4-15)27-14-17(12-24(27)28)21-9-5-18(25)13-23(21)29-20-8-10-22(26)16(2)11-20/h3-11,13,17H,12,14H2,1-2H3. The number of ether oxygens (including phenoxy) is 1. The van der Waals surface area contributed by atoms with E-state index >= 15 is 0 Å². The highest BCUT2D eigenvalue weighted by atomic mass is 35.5. The largest absolute Gasteiger partial charge is 0.457 e. The normalized spacial score (nSPS) is 16.3. The second-order valence-electron chi connectivity index (χ2n) is 7.44. The van der Waals surface area contributed by atoms with Gasteiger partial charge < -0.3 is 9.64 Å². The van der Waals surface area contributed by atoms with E-state index < -0.39 is 0 Å². The van der Waals surface area contributed by atoms with Gasteiger partial charge in [0, 0.05) is 35.2 Å². The summed E-state index contributed by atoms with van der Waals surface area (Å²) in [6, 6.07) is 18.0. The Bertz CT molecular complexity index is 1060. The Kier molecular flexibility index (Phi) is 5.29. The van der Waals surface area contributed by atoms with E-state index in [-0.39, 0.29) is 17.6 Å². The lowest BCUT2D eigenvalue weighted by Gasteiger charge is -2.19. The van der Waals surface area contributed by atoms with Crippen molar-refractivity contribution in [2.75, 3.05) is 11.4 Å². The van der Waals surface area contributed by atoms with Gasteiger partial charge in [-0.05, 0) is 61.9 Å². The summed E-state index contributed by atoms with van der Waals surface area (Å²) >= 11 is 6.20. The van der Waals surface area contributed by atoms with Crippen LogP contribution in [0.5, 0.6) is 11.5 Å². The molecule has 1 aliphatic heterocycles. The van der Waals surface area contributed by atoms with Gasteiger partial charge in [0.1, 0.15) is 17.3 Å². The number of carbonyl (C=O) groups excluding carboxylic acids is 1. The van der Waals surface area contributed by atoms with Gasteiger partial charge in [-0.25, -0.2) is 4.39 Å².